The smallest absolute Gasteiger partial charge is 0.281 e. The van der Waals surface area contributed by atoms with Crippen LogP contribution in [0.15, 0.2) is 34.4 Å². The maximum absolute atomic E-state index is 12.5. The number of likely N-dealkylation sites (N-methyl/N-ethyl adjacent to an activating group) is 1. The Bertz CT molecular complexity index is 902. The molecule has 0 bridgehead atoms. The molecule has 0 unspecified atom stereocenters. The second-order valence-electron chi connectivity index (χ2n) is 5.29. The summed E-state index contributed by atoms with van der Waals surface area (Å²) in [6, 6.07) is 8.67. The lowest BCUT2D eigenvalue weighted by Crippen LogP contribution is -2.46. The molecule has 8 heteroatoms. The Labute approximate surface area is 151 Å². The zero-order valence-corrected chi connectivity index (χ0v) is 14.7. The number of imide groups is 1. The lowest BCUT2D eigenvalue weighted by Gasteiger charge is -2.25. The molecule has 0 atom stereocenters. The van der Waals surface area contributed by atoms with Crippen LogP contribution in [0.3, 0.4) is 0 Å². The van der Waals surface area contributed by atoms with Crippen LogP contribution in [0.1, 0.15) is 26.3 Å². The number of benzene rings is 1. The van der Waals surface area contributed by atoms with Gasteiger partial charge in [-0.1, -0.05) is 0 Å². The third kappa shape index (κ3) is 3.40. The molecule has 1 aromatic carbocycles. The highest BCUT2D eigenvalue weighted by Gasteiger charge is 2.35. The fourth-order valence-electron chi connectivity index (χ4n) is 2.43. The van der Waals surface area contributed by atoms with Gasteiger partial charge < -0.3 is 4.74 Å². The fraction of sp³-hybridized carbons (Fsp3) is 0.278. The number of carbonyl (C=O) groups is 2. The number of hydrazone groups is 1. The normalized spacial score (nSPS) is 15.7. The van der Waals surface area contributed by atoms with Gasteiger partial charge in [0.2, 0.25) is 0 Å². The van der Waals surface area contributed by atoms with Crippen LogP contribution in [0.2, 0.25) is 0 Å². The summed E-state index contributed by atoms with van der Waals surface area (Å²) in [5, 5.41) is 22.5. The number of nitrogens with zero attached hydrogens (tertiary/aromatic N) is 4. The van der Waals surface area contributed by atoms with Gasteiger partial charge in [0.05, 0.1) is 17.9 Å². The number of hydrogen-bond acceptors (Lipinski definition) is 7. The number of anilines is 1. The van der Waals surface area contributed by atoms with Crippen molar-refractivity contribution >= 4 is 23.2 Å². The first-order valence-electron chi connectivity index (χ1n) is 7.96. The number of hydrogen-bond donors (Lipinski definition) is 1. The quantitative estimate of drug-likeness (QED) is 0.640. The molecule has 1 aliphatic heterocycles. The highest BCUT2D eigenvalue weighted by molar-refractivity contribution is 6.50. The standard InChI is InChI=1S/C18H17N5O3/c1-4-23-17(24)14(10-20)11(3)16(18(23)25)22-21-15-7-6-13(26-5-2)8-12(15)9-19/h6-8,21H,4-5H2,1-3H3/b22-16-. The van der Waals surface area contributed by atoms with Crippen molar-refractivity contribution in [3.63, 3.8) is 0 Å². The molecular weight excluding hydrogens is 334 g/mol. The molecular formula is C18H17N5O3. The largest absolute Gasteiger partial charge is 0.494 e. The van der Waals surface area contributed by atoms with E-state index >= 15 is 0 Å². The average molecular weight is 351 g/mol. The van der Waals surface area contributed by atoms with Gasteiger partial charge in [0.1, 0.15) is 23.5 Å². The van der Waals surface area contributed by atoms with Crippen molar-refractivity contribution in [2.24, 2.45) is 5.10 Å². The minimum Gasteiger partial charge on any atom is -0.494 e. The van der Waals surface area contributed by atoms with Crippen molar-refractivity contribution in [1.82, 2.24) is 4.90 Å². The van der Waals surface area contributed by atoms with Crippen molar-refractivity contribution < 1.29 is 14.3 Å². The predicted molar refractivity (Wildman–Crippen MR) is 94.1 cm³/mol. The molecule has 1 heterocycles. The summed E-state index contributed by atoms with van der Waals surface area (Å²) in [6.45, 7) is 5.56. The Kier molecular flexibility index (Phi) is 5.71. The first-order valence-corrected chi connectivity index (χ1v) is 7.96. The minimum absolute atomic E-state index is 0.0409. The summed E-state index contributed by atoms with van der Waals surface area (Å²) >= 11 is 0. The molecule has 2 rings (SSSR count). The van der Waals surface area contributed by atoms with Gasteiger partial charge in [0.25, 0.3) is 11.8 Å². The second kappa shape index (κ2) is 7.95. The lowest BCUT2D eigenvalue weighted by molar-refractivity contribution is -0.138. The predicted octanol–water partition coefficient (Wildman–Crippen LogP) is 1.95. The monoisotopic (exact) mass is 351 g/mol. The SMILES string of the molecule is CCOc1ccc(N/N=C2\C(=O)N(CC)C(=O)C(C#N)=C2C)c(C#N)c1. The van der Waals surface area contributed by atoms with Gasteiger partial charge in [-0.25, -0.2) is 0 Å². The van der Waals surface area contributed by atoms with E-state index in [1.54, 1.807) is 25.1 Å². The van der Waals surface area contributed by atoms with Gasteiger partial charge in [-0.3, -0.25) is 19.9 Å². The fourth-order valence-corrected chi connectivity index (χ4v) is 2.43. The van der Waals surface area contributed by atoms with E-state index in [4.69, 9.17) is 4.74 Å². The molecule has 0 spiro atoms. The number of amides is 2. The van der Waals surface area contributed by atoms with Gasteiger partial charge in [0.15, 0.2) is 5.71 Å². The summed E-state index contributed by atoms with van der Waals surface area (Å²) in [6.07, 6.45) is 0. The van der Waals surface area contributed by atoms with Crippen LogP contribution in [0, 0.1) is 22.7 Å². The molecule has 132 valence electrons. The third-order valence-corrected chi connectivity index (χ3v) is 3.78. The second-order valence-corrected chi connectivity index (χ2v) is 5.29. The van der Waals surface area contributed by atoms with Crippen molar-refractivity contribution in [2.45, 2.75) is 20.8 Å². The van der Waals surface area contributed by atoms with Crippen LogP contribution >= 0.6 is 0 Å². The van der Waals surface area contributed by atoms with E-state index in [1.807, 2.05) is 19.1 Å². The van der Waals surface area contributed by atoms with Crippen LogP contribution in [0.4, 0.5) is 5.69 Å². The number of nitrogens with one attached hydrogen (secondary N) is 1. The van der Waals surface area contributed by atoms with Gasteiger partial charge in [-0.05, 0) is 32.9 Å². The molecule has 26 heavy (non-hydrogen) atoms. The number of nitriles is 2. The molecule has 0 aromatic heterocycles. The Morgan fingerprint density at radius 2 is 1.92 bits per heavy atom. The number of carbonyl (C=O) groups excluding carboxylic acids is 2. The molecule has 0 saturated heterocycles. The van der Waals surface area contributed by atoms with Gasteiger partial charge in [0, 0.05) is 18.2 Å². The zero-order chi connectivity index (χ0) is 19.3. The number of rotatable bonds is 5. The molecule has 2 amide bonds. The molecule has 0 aliphatic carbocycles. The van der Waals surface area contributed by atoms with E-state index in [-0.39, 0.29) is 29.0 Å². The highest BCUT2D eigenvalue weighted by atomic mass is 16.5. The van der Waals surface area contributed by atoms with Crippen LogP contribution in [-0.4, -0.2) is 35.6 Å². The van der Waals surface area contributed by atoms with Crippen LogP contribution in [-0.2, 0) is 9.59 Å². The molecule has 1 N–H and O–H groups in total. The van der Waals surface area contributed by atoms with E-state index in [9.17, 15) is 20.1 Å². The maximum Gasteiger partial charge on any atom is 0.281 e. The summed E-state index contributed by atoms with van der Waals surface area (Å²) < 4.78 is 5.34. The Morgan fingerprint density at radius 1 is 1.19 bits per heavy atom. The van der Waals surface area contributed by atoms with Gasteiger partial charge in [-0.2, -0.15) is 15.6 Å². The Hall–Kier alpha value is -3.65. The van der Waals surface area contributed by atoms with Crippen molar-refractivity contribution in [2.75, 3.05) is 18.6 Å². The molecule has 8 nitrogen and oxygen atoms in total. The molecule has 0 fully saturated rings. The molecule has 0 saturated carbocycles. The van der Waals surface area contributed by atoms with Crippen LogP contribution < -0.4 is 10.2 Å². The average Bonchev–Trinajstić information content (AvgIpc) is 2.63. The first-order chi connectivity index (χ1) is 12.5. The molecule has 1 aromatic rings. The van der Waals surface area contributed by atoms with E-state index in [2.05, 4.69) is 10.5 Å². The topological polar surface area (TPSA) is 119 Å². The maximum atomic E-state index is 12.5. The Balaban J connectivity index is 2.42. The molecule has 1 aliphatic rings. The first kappa shape index (κ1) is 18.7. The molecule has 0 radical (unpaired) electrons. The third-order valence-electron chi connectivity index (χ3n) is 3.78. The van der Waals surface area contributed by atoms with E-state index in [0.717, 1.165) is 4.90 Å². The van der Waals surface area contributed by atoms with E-state index < -0.39 is 11.8 Å². The Morgan fingerprint density at radius 3 is 2.50 bits per heavy atom. The highest BCUT2D eigenvalue weighted by Crippen LogP contribution is 2.23. The van der Waals surface area contributed by atoms with Gasteiger partial charge >= 0.3 is 0 Å². The number of ether oxygens (including phenoxy) is 1. The van der Waals surface area contributed by atoms with Crippen molar-refractivity contribution in [3.8, 4) is 17.9 Å². The summed E-state index contributed by atoms with van der Waals surface area (Å²) in [5.74, 6) is -0.678. The van der Waals surface area contributed by atoms with E-state index in [0.29, 0.717) is 18.0 Å². The van der Waals surface area contributed by atoms with Crippen LogP contribution in [0.5, 0.6) is 5.75 Å². The van der Waals surface area contributed by atoms with Crippen molar-refractivity contribution in [1.29, 1.82) is 10.5 Å². The van der Waals surface area contributed by atoms with Crippen molar-refractivity contribution in [3.05, 3.63) is 34.9 Å². The minimum atomic E-state index is -0.629. The summed E-state index contributed by atoms with van der Waals surface area (Å²) in [5.41, 5.74) is 3.37. The van der Waals surface area contributed by atoms with Crippen LogP contribution in [0.25, 0.3) is 0 Å². The zero-order valence-electron chi connectivity index (χ0n) is 14.7. The summed E-state index contributed by atoms with van der Waals surface area (Å²) in [7, 11) is 0. The van der Waals surface area contributed by atoms with E-state index in [1.165, 1.54) is 6.92 Å². The lowest BCUT2D eigenvalue weighted by atomic mass is 9.99. The summed E-state index contributed by atoms with van der Waals surface area (Å²) in [4.78, 5) is 25.5. The van der Waals surface area contributed by atoms with Gasteiger partial charge in [-0.15, -0.1) is 0 Å².